The van der Waals surface area contributed by atoms with Crippen molar-refractivity contribution >= 4 is 11.9 Å². The first-order valence-electron chi connectivity index (χ1n) is 4.12. The van der Waals surface area contributed by atoms with E-state index >= 15 is 0 Å². The number of benzene rings is 1. The Morgan fingerprint density at radius 2 is 1.50 bits per heavy atom. The fourth-order valence-corrected chi connectivity index (χ4v) is 1.47. The minimum atomic E-state index is -4.66. The smallest absolute Gasteiger partial charge is 0.274 e. The Hall–Kier alpha value is -0.820. The van der Waals surface area contributed by atoms with Crippen LogP contribution in [0.4, 0.5) is 22.0 Å². The van der Waals surface area contributed by atoms with Gasteiger partial charge in [0.15, 0.2) is 0 Å². The highest BCUT2D eigenvalue weighted by molar-refractivity contribution is 7.97. The molecule has 1 aromatic carbocycles. The van der Waals surface area contributed by atoms with Crippen LogP contribution in [0, 0.1) is 0 Å². The lowest BCUT2D eigenvalue weighted by Gasteiger charge is -2.15. The van der Waals surface area contributed by atoms with E-state index in [-0.39, 0.29) is 4.90 Å². The Bertz CT molecular complexity index is 350. The molecule has 0 aliphatic rings. The Labute approximate surface area is 93.0 Å². The summed E-state index contributed by atoms with van der Waals surface area (Å²) in [7, 11) is 0. The SMILES string of the molecule is CC(F)(F)c1cc(SN)cc(C(F)(F)F)c1. The third-order valence-corrected chi connectivity index (χ3v) is 2.38. The summed E-state index contributed by atoms with van der Waals surface area (Å²) in [5.74, 6) is -3.33. The zero-order valence-corrected chi connectivity index (χ0v) is 8.92. The fourth-order valence-electron chi connectivity index (χ4n) is 1.08. The summed E-state index contributed by atoms with van der Waals surface area (Å²) in [4.78, 5) is -0.0497. The van der Waals surface area contributed by atoms with Gasteiger partial charge in [-0.15, -0.1) is 0 Å². The van der Waals surface area contributed by atoms with Crippen molar-refractivity contribution in [2.75, 3.05) is 0 Å². The molecule has 0 spiro atoms. The largest absolute Gasteiger partial charge is 0.416 e. The van der Waals surface area contributed by atoms with Gasteiger partial charge in [0, 0.05) is 17.4 Å². The molecule has 0 fully saturated rings. The van der Waals surface area contributed by atoms with Gasteiger partial charge in [0.25, 0.3) is 5.92 Å². The molecule has 7 heteroatoms. The van der Waals surface area contributed by atoms with Crippen LogP contribution in [0.2, 0.25) is 0 Å². The maximum Gasteiger partial charge on any atom is 0.416 e. The lowest BCUT2D eigenvalue weighted by atomic mass is 10.1. The van der Waals surface area contributed by atoms with Crippen LogP contribution in [-0.2, 0) is 12.1 Å². The van der Waals surface area contributed by atoms with E-state index in [0.29, 0.717) is 24.9 Å². The lowest BCUT2D eigenvalue weighted by molar-refractivity contribution is -0.138. The number of rotatable bonds is 2. The summed E-state index contributed by atoms with van der Waals surface area (Å²) in [5, 5.41) is 5.08. The molecule has 0 bridgehead atoms. The first-order chi connectivity index (χ1) is 7.14. The summed E-state index contributed by atoms with van der Waals surface area (Å²) in [6.45, 7) is 0.535. The Morgan fingerprint density at radius 3 is 1.88 bits per heavy atom. The Morgan fingerprint density at radius 1 is 1.00 bits per heavy atom. The van der Waals surface area contributed by atoms with Gasteiger partial charge in [0.2, 0.25) is 0 Å². The van der Waals surface area contributed by atoms with Crippen molar-refractivity contribution in [1.82, 2.24) is 0 Å². The molecule has 1 nitrogen and oxygen atoms in total. The number of alkyl halides is 5. The Balaban J connectivity index is 3.33. The van der Waals surface area contributed by atoms with Gasteiger partial charge in [-0.2, -0.15) is 13.2 Å². The molecule has 0 atom stereocenters. The van der Waals surface area contributed by atoms with Crippen LogP contribution >= 0.6 is 11.9 Å². The zero-order valence-electron chi connectivity index (χ0n) is 8.11. The van der Waals surface area contributed by atoms with Crippen molar-refractivity contribution < 1.29 is 22.0 Å². The average Bonchev–Trinajstić information content (AvgIpc) is 2.14. The molecule has 0 radical (unpaired) electrons. The number of halogens is 5. The first-order valence-corrected chi connectivity index (χ1v) is 5.00. The molecule has 0 aromatic heterocycles. The summed E-state index contributed by atoms with van der Waals surface area (Å²) >= 11 is 0.496. The third-order valence-electron chi connectivity index (χ3n) is 1.88. The van der Waals surface area contributed by atoms with Gasteiger partial charge >= 0.3 is 6.18 Å². The summed E-state index contributed by atoms with van der Waals surface area (Å²) < 4.78 is 63.0. The molecule has 0 amide bonds. The van der Waals surface area contributed by atoms with E-state index in [1.165, 1.54) is 0 Å². The van der Waals surface area contributed by atoms with Crippen molar-refractivity contribution in [3.8, 4) is 0 Å². The number of nitrogens with two attached hydrogens (primary N) is 1. The zero-order chi connectivity index (χ0) is 12.6. The minimum Gasteiger partial charge on any atom is -0.274 e. The van der Waals surface area contributed by atoms with E-state index in [4.69, 9.17) is 5.14 Å². The highest BCUT2D eigenvalue weighted by Gasteiger charge is 2.34. The van der Waals surface area contributed by atoms with Gasteiger partial charge in [0.05, 0.1) is 5.56 Å². The quantitative estimate of drug-likeness (QED) is 0.644. The summed E-state index contributed by atoms with van der Waals surface area (Å²) in [5.41, 5.74) is -1.82. The highest BCUT2D eigenvalue weighted by Crippen LogP contribution is 2.36. The average molecular weight is 257 g/mol. The van der Waals surface area contributed by atoms with Crippen LogP contribution in [0.25, 0.3) is 0 Å². The van der Waals surface area contributed by atoms with Crippen LogP contribution in [0.1, 0.15) is 18.1 Å². The van der Waals surface area contributed by atoms with Gasteiger partial charge in [0.1, 0.15) is 0 Å². The van der Waals surface area contributed by atoms with Gasteiger partial charge in [-0.05, 0) is 30.1 Å². The van der Waals surface area contributed by atoms with E-state index in [1.807, 2.05) is 0 Å². The van der Waals surface area contributed by atoms with Crippen molar-refractivity contribution in [3.05, 3.63) is 29.3 Å². The lowest BCUT2D eigenvalue weighted by Crippen LogP contribution is -2.12. The summed E-state index contributed by atoms with van der Waals surface area (Å²) in [6, 6.07) is 2.11. The van der Waals surface area contributed by atoms with E-state index in [2.05, 4.69) is 0 Å². The number of hydrogen-bond donors (Lipinski definition) is 1. The second kappa shape index (κ2) is 4.21. The molecule has 0 unspecified atom stereocenters. The second-order valence-corrected chi connectivity index (χ2v) is 3.96. The van der Waals surface area contributed by atoms with Crippen LogP contribution in [0.5, 0.6) is 0 Å². The van der Waals surface area contributed by atoms with Gasteiger partial charge in [-0.1, -0.05) is 0 Å². The van der Waals surface area contributed by atoms with Crippen molar-refractivity contribution in [2.45, 2.75) is 23.9 Å². The van der Waals surface area contributed by atoms with Crippen LogP contribution in [0.3, 0.4) is 0 Å². The monoisotopic (exact) mass is 257 g/mol. The normalized spacial score (nSPS) is 12.9. The van der Waals surface area contributed by atoms with Gasteiger partial charge < -0.3 is 0 Å². The maximum absolute atomic E-state index is 12.9. The van der Waals surface area contributed by atoms with E-state index in [1.54, 1.807) is 0 Å². The summed E-state index contributed by atoms with van der Waals surface area (Å²) in [6.07, 6.45) is -4.66. The Kier molecular flexibility index (Phi) is 3.49. The molecule has 0 saturated carbocycles. The molecule has 0 saturated heterocycles. The van der Waals surface area contributed by atoms with E-state index in [0.717, 1.165) is 12.1 Å². The molecule has 16 heavy (non-hydrogen) atoms. The molecule has 90 valence electrons. The second-order valence-electron chi connectivity index (χ2n) is 3.25. The molecule has 0 heterocycles. The highest BCUT2D eigenvalue weighted by atomic mass is 32.2. The van der Waals surface area contributed by atoms with Gasteiger partial charge in [-0.3, -0.25) is 5.14 Å². The molecule has 0 aliphatic carbocycles. The molecule has 1 aromatic rings. The molecule has 0 aliphatic heterocycles. The topological polar surface area (TPSA) is 26.0 Å². The van der Waals surface area contributed by atoms with E-state index in [9.17, 15) is 22.0 Å². The molecule has 1 rings (SSSR count). The van der Waals surface area contributed by atoms with Crippen LogP contribution in [-0.4, -0.2) is 0 Å². The van der Waals surface area contributed by atoms with Crippen LogP contribution in [0.15, 0.2) is 23.1 Å². The molecular weight excluding hydrogens is 249 g/mol. The van der Waals surface area contributed by atoms with Crippen molar-refractivity contribution in [2.24, 2.45) is 5.14 Å². The van der Waals surface area contributed by atoms with E-state index < -0.39 is 23.2 Å². The van der Waals surface area contributed by atoms with Crippen molar-refractivity contribution in [3.63, 3.8) is 0 Å². The number of hydrogen-bond acceptors (Lipinski definition) is 2. The minimum absolute atomic E-state index is 0.0497. The first kappa shape index (κ1) is 13.2. The molecular formula is C9H8F5NS. The fraction of sp³-hybridized carbons (Fsp3) is 0.333. The predicted octanol–water partition coefficient (Wildman–Crippen LogP) is 3.78. The predicted molar refractivity (Wildman–Crippen MR) is 51.1 cm³/mol. The van der Waals surface area contributed by atoms with Crippen molar-refractivity contribution in [1.29, 1.82) is 0 Å². The van der Waals surface area contributed by atoms with Crippen LogP contribution < -0.4 is 5.14 Å². The molecule has 2 N–H and O–H groups in total. The maximum atomic E-state index is 12.9. The standard InChI is InChI=1S/C9H8F5NS/c1-8(10,11)5-2-6(9(12,13)14)4-7(3-5)16-15/h2-4H,15H2,1H3. The third kappa shape index (κ3) is 3.08. The van der Waals surface area contributed by atoms with Gasteiger partial charge in [-0.25, -0.2) is 8.78 Å².